The number of para-hydroxylation sites is 1. The van der Waals surface area contributed by atoms with E-state index in [1.54, 1.807) is 18.2 Å². The molecule has 0 fully saturated rings. The lowest BCUT2D eigenvalue weighted by atomic mass is 10.2. The molecule has 19 heavy (non-hydrogen) atoms. The van der Waals surface area contributed by atoms with Gasteiger partial charge in [0, 0.05) is 32.4 Å². The molecular formula is C13H11BrN2O2S. The fourth-order valence-electron chi connectivity index (χ4n) is 1.62. The van der Waals surface area contributed by atoms with E-state index in [2.05, 4.69) is 15.9 Å². The van der Waals surface area contributed by atoms with Crippen molar-refractivity contribution < 1.29 is 4.92 Å². The summed E-state index contributed by atoms with van der Waals surface area (Å²) in [7, 11) is 0. The van der Waals surface area contributed by atoms with Crippen LogP contribution < -0.4 is 5.73 Å². The molecule has 0 amide bonds. The summed E-state index contributed by atoms with van der Waals surface area (Å²) in [4.78, 5) is 11.5. The lowest BCUT2D eigenvalue weighted by Crippen LogP contribution is -1.94. The van der Waals surface area contributed by atoms with Gasteiger partial charge in [0.25, 0.3) is 5.69 Å². The average molecular weight is 339 g/mol. The summed E-state index contributed by atoms with van der Waals surface area (Å²) in [5, 5.41) is 10.9. The minimum atomic E-state index is -0.360. The van der Waals surface area contributed by atoms with Gasteiger partial charge in [-0.3, -0.25) is 10.1 Å². The predicted molar refractivity (Wildman–Crippen MR) is 81.2 cm³/mol. The first kappa shape index (κ1) is 13.9. The van der Waals surface area contributed by atoms with Crippen LogP contribution in [0.1, 0.15) is 5.56 Å². The Labute approximate surface area is 123 Å². The SMILES string of the molecule is Nc1cc(Br)ccc1SCc1ccccc1[N+](=O)[O-]. The molecule has 0 saturated carbocycles. The van der Waals surface area contributed by atoms with Crippen molar-refractivity contribution in [1.82, 2.24) is 0 Å². The zero-order chi connectivity index (χ0) is 13.8. The highest BCUT2D eigenvalue weighted by molar-refractivity contribution is 9.10. The van der Waals surface area contributed by atoms with Gasteiger partial charge in [0.05, 0.1) is 4.92 Å². The number of thioether (sulfide) groups is 1. The van der Waals surface area contributed by atoms with Gasteiger partial charge in [0.2, 0.25) is 0 Å². The van der Waals surface area contributed by atoms with E-state index < -0.39 is 0 Å². The predicted octanol–water partition coefficient (Wildman–Crippen LogP) is 4.23. The topological polar surface area (TPSA) is 69.2 Å². The van der Waals surface area contributed by atoms with Crippen molar-refractivity contribution in [2.45, 2.75) is 10.6 Å². The number of halogens is 1. The van der Waals surface area contributed by atoms with Crippen LogP contribution in [0.15, 0.2) is 51.8 Å². The Morgan fingerprint density at radius 3 is 2.68 bits per heavy atom. The molecule has 0 unspecified atom stereocenters. The van der Waals surface area contributed by atoms with Crippen LogP contribution in [0.3, 0.4) is 0 Å². The first-order chi connectivity index (χ1) is 9.08. The summed E-state index contributed by atoms with van der Waals surface area (Å²) in [5.41, 5.74) is 7.40. The molecule has 0 aliphatic heterocycles. The molecule has 0 atom stereocenters. The zero-order valence-electron chi connectivity index (χ0n) is 9.88. The Kier molecular flexibility index (Phi) is 4.44. The molecule has 0 aliphatic rings. The van der Waals surface area contributed by atoms with E-state index in [0.717, 1.165) is 9.37 Å². The Hall–Kier alpha value is -1.53. The van der Waals surface area contributed by atoms with Crippen molar-refractivity contribution in [1.29, 1.82) is 0 Å². The van der Waals surface area contributed by atoms with Crippen molar-refractivity contribution >= 4 is 39.1 Å². The van der Waals surface area contributed by atoms with Crippen molar-refractivity contribution in [3.8, 4) is 0 Å². The largest absolute Gasteiger partial charge is 0.398 e. The van der Waals surface area contributed by atoms with Crippen molar-refractivity contribution in [3.63, 3.8) is 0 Å². The standard InChI is InChI=1S/C13H11BrN2O2S/c14-10-5-6-13(11(15)7-10)19-8-9-3-1-2-4-12(9)16(17)18/h1-7H,8,15H2. The smallest absolute Gasteiger partial charge is 0.273 e. The first-order valence-corrected chi connectivity index (χ1v) is 7.26. The summed E-state index contributed by atoms with van der Waals surface area (Å²) < 4.78 is 0.917. The molecule has 2 rings (SSSR count). The molecule has 98 valence electrons. The number of nitro benzene ring substituents is 1. The molecule has 0 saturated heterocycles. The van der Waals surface area contributed by atoms with Crippen LogP contribution in [0.25, 0.3) is 0 Å². The first-order valence-electron chi connectivity index (χ1n) is 5.48. The van der Waals surface area contributed by atoms with Gasteiger partial charge in [0.1, 0.15) is 0 Å². The fourth-order valence-corrected chi connectivity index (χ4v) is 2.94. The van der Waals surface area contributed by atoms with E-state index in [-0.39, 0.29) is 10.6 Å². The maximum Gasteiger partial charge on any atom is 0.273 e. The normalized spacial score (nSPS) is 10.4. The van der Waals surface area contributed by atoms with Gasteiger partial charge in [0.15, 0.2) is 0 Å². The molecule has 0 radical (unpaired) electrons. The van der Waals surface area contributed by atoms with Gasteiger partial charge < -0.3 is 5.73 Å². The minimum absolute atomic E-state index is 0.144. The molecule has 0 aliphatic carbocycles. The third-order valence-corrected chi connectivity index (χ3v) is 4.17. The number of nitrogens with two attached hydrogens (primary N) is 1. The lowest BCUT2D eigenvalue weighted by Gasteiger charge is -2.06. The Balaban J connectivity index is 2.17. The summed E-state index contributed by atoms with van der Waals surface area (Å²) in [6.45, 7) is 0. The second kappa shape index (κ2) is 6.08. The van der Waals surface area contributed by atoms with Crippen molar-refractivity contribution in [2.24, 2.45) is 0 Å². The number of nitrogen functional groups attached to an aromatic ring is 1. The number of hydrogen-bond acceptors (Lipinski definition) is 4. The van der Waals surface area contributed by atoms with E-state index in [1.165, 1.54) is 17.8 Å². The number of anilines is 1. The molecular weight excluding hydrogens is 328 g/mol. The highest BCUT2D eigenvalue weighted by Crippen LogP contribution is 2.32. The van der Waals surface area contributed by atoms with Gasteiger partial charge in [-0.25, -0.2) is 0 Å². The second-order valence-corrected chi connectivity index (χ2v) is 5.79. The summed E-state index contributed by atoms with van der Waals surface area (Å²) in [5.74, 6) is 0.517. The quantitative estimate of drug-likeness (QED) is 0.392. The molecule has 0 heterocycles. The highest BCUT2D eigenvalue weighted by Gasteiger charge is 2.12. The molecule has 0 aromatic heterocycles. The Morgan fingerprint density at radius 1 is 1.26 bits per heavy atom. The van der Waals surface area contributed by atoms with Gasteiger partial charge >= 0.3 is 0 Å². The number of nitro groups is 1. The molecule has 2 aromatic rings. The lowest BCUT2D eigenvalue weighted by molar-refractivity contribution is -0.385. The van der Waals surface area contributed by atoms with Gasteiger partial charge in [-0.05, 0) is 18.2 Å². The maximum absolute atomic E-state index is 10.9. The van der Waals surface area contributed by atoms with Crippen molar-refractivity contribution in [3.05, 3.63) is 62.6 Å². The highest BCUT2D eigenvalue weighted by atomic mass is 79.9. The summed E-state index contributed by atoms with van der Waals surface area (Å²) >= 11 is 4.83. The van der Waals surface area contributed by atoms with Crippen LogP contribution in [0.5, 0.6) is 0 Å². The van der Waals surface area contributed by atoms with Crippen LogP contribution in [-0.4, -0.2) is 4.92 Å². The van der Waals surface area contributed by atoms with E-state index in [9.17, 15) is 10.1 Å². The third-order valence-electron chi connectivity index (χ3n) is 2.54. The van der Waals surface area contributed by atoms with E-state index in [1.807, 2.05) is 18.2 Å². The van der Waals surface area contributed by atoms with Crippen LogP contribution in [-0.2, 0) is 5.75 Å². The van der Waals surface area contributed by atoms with Gasteiger partial charge in [-0.2, -0.15) is 0 Å². The second-order valence-electron chi connectivity index (χ2n) is 3.86. The Morgan fingerprint density at radius 2 is 2.00 bits per heavy atom. The van der Waals surface area contributed by atoms with Crippen molar-refractivity contribution in [2.75, 3.05) is 5.73 Å². The Bertz CT molecular complexity index is 619. The summed E-state index contributed by atoms with van der Waals surface area (Å²) in [6, 6.07) is 12.4. The minimum Gasteiger partial charge on any atom is -0.398 e. The van der Waals surface area contributed by atoms with Crippen LogP contribution in [0, 0.1) is 10.1 Å². The maximum atomic E-state index is 10.9. The number of hydrogen-bond donors (Lipinski definition) is 1. The van der Waals surface area contributed by atoms with E-state index in [0.29, 0.717) is 17.0 Å². The third kappa shape index (κ3) is 3.48. The summed E-state index contributed by atoms with van der Waals surface area (Å²) in [6.07, 6.45) is 0. The molecule has 0 spiro atoms. The fraction of sp³-hybridized carbons (Fsp3) is 0.0769. The van der Waals surface area contributed by atoms with Gasteiger partial charge in [-0.15, -0.1) is 11.8 Å². The molecule has 2 aromatic carbocycles. The van der Waals surface area contributed by atoms with E-state index in [4.69, 9.17) is 5.73 Å². The van der Waals surface area contributed by atoms with Crippen LogP contribution >= 0.6 is 27.7 Å². The number of benzene rings is 2. The number of nitrogens with zero attached hydrogens (tertiary/aromatic N) is 1. The average Bonchev–Trinajstić information content (AvgIpc) is 2.38. The number of rotatable bonds is 4. The van der Waals surface area contributed by atoms with Crippen LogP contribution in [0.4, 0.5) is 11.4 Å². The molecule has 4 nitrogen and oxygen atoms in total. The van der Waals surface area contributed by atoms with E-state index >= 15 is 0 Å². The molecule has 2 N–H and O–H groups in total. The molecule has 6 heteroatoms. The monoisotopic (exact) mass is 338 g/mol. The van der Waals surface area contributed by atoms with Gasteiger partial charge in [-0.1, -0.05) is 34.1 Å². The molecule has 0 bridgehead atoms. The van der Waals surface area contributed by atoms with Crippen LogP contribution in [0.2, 0.25) is 0 Å². The zero-order valence-corrected chi connectivity index (χ0v) is 12.3.